The number of hydrogen-bond acceptors (Lipinski definition) is 3. The molecule has 164 valence electrons. The molecule has 3 aromatic rings. The van der Waals surface area contributed by atoms with Crippen molar-refractivity contribution in [3.63, 3.8) is 0 Å². The van der Waals surface area contributed by atoms with Gasteiger partial charge in [0.05, 0.1) is 0 Å². The summed E-state index contributed by atoms with van der Waals surface area (Å²) in [6.45, 7) is 2.52. The Morgan fingerprint density at radius 2 is 1.47 bits per heavy atom. The van der Waals surface area contributed by atoms with Gasteiger partial charge in [0.1, 0.15) is 18.1 Å². The van der Waals surface area contributed by atoms with Gasteiger partial charge in [0.2, 0.25) is 5.60 Å². The van der Waals surface area contributed by atoms with Gasteiger partial charge in [0.15, 0.2) is 0 Å². The highest BCUT2D eigenvalue weighted by molar-refractivity contribution is 5.78. The number of rotatable bonds is 8. The molecule has 1 aliphatic rings. The first-order valence-corrected chi connectivity index (χ1v) is 11.0. The van der Waals surface area contributed by atoms with Crippen LogP contribution in [-0.4, -0.2) is 23.3 Å². The number of carboxylic acids is 1. The van der Waals surface area contributed by atoms with E-state index in [-0.39, 0.29) is 0 Å². The quantitative estimate of drug-likeness (QED) is 0.438. The molecule has 1 saturated carbocycles. The van der Waals surface area contributed by atoms with Crippen LogP contribution in [0.25, 0.3) is 16.7 Å². The van der Waals surface area contributed by atoms with E-state index in [4.69, 9.17) is 9.47 Å². The smallest absolute Gasteiger partial charge is 0.348 e. The lowest BCUT2D eigenvalue weighted by atomic mass is 10.0. The van der Waals surface area contributed by atoms with E-state index in [1.54, 1.807) is 12.1 Å². The summed E-state index contributed by atoms with van der Waals surface area (Å²) in [5, 5.41) is 9.56. The molecule has 0 aromatic heterocycles. The van der Waals surface area contributed by atoms with Crippen LogP contribution < -0.4 is 9.47 Å². The van der Waals surface area contributed by atoms with Crippen molar-refractivity contribution in [2.24, 2.45) is 0 Å². The maximum Gasteiger partial charge on any atom is 0.348 e. The van der Waals surface area contributed by atoms with Gasteiger partial charge in [0, 0.05) is 0 Å². The van der Waals surface area contributed by atoms with Crippen molar-refractivity contribution in [1.82, 2.24) is 0 Å². The second-order valence-corrected chi connectivity index (χ2v) is 8.22. The Labute approximate surface area is 189 Å². The van der Waals surface area contributed by atoms with Gasteiger partial charge in [-0.25, -0.2) is 4.79 Å². The van der Waals surface area contributed by atoms with Crippen LogP contribution in [-0.2, 0) is 4.79 Å². The predicted octanol–water partition coefficient (Wildman–Crippen LogP) is 6.61. The maximum atomic E-state index is 11.7. The van der Waals surface area contributed by atoms with E-state index in [2.05, 4.69) is 49.4 Å². The summed E-state index contributed by atoms with van der Waals surface area (Å²) in [4.78, 5) is 11.7. The standard InChI is InChI=1S/C28H28O4/c1-21(22-9-11-24(12-10-22)23-7-3-2-4-8-23)17-20-31-25-13-15-26(16-14-25)32-28(27(29)30)18-5-6-19-28/h2-4,7-17H,5-6,18-20H2,1H3,(H,29,30). The molecule has 1 aliphatic carbocycles. The summed E-state index contributed by atoms with van der Waals surface area (Å²) in [5.41, 5.74) is 3.63. The highest BCUT2D eigenvalue weighted by Gasteiger charge is 2.43. The first-order valence-electron chi connectivity index (χ1n) is 11.0. The first-order chi connectivity index (χ1) is 15.6. The third-order valence-corrected chi connectivity index (χ3v) is 6.02. The SMILES string of the molecule is CC(=CCOc1ccc(OC2(C(=O)O)CCCC2)cc1)c1ccc(-c2ccccc2)cc1. The van der Waals surface area contributed by atoms with E-state index in [9.17, 15) is 9.90 Å². The lowest BCUT2D eigenvalue weighted by Crippen LogP contribution is -2.41. The summed E-state index contributed by atoms with van der Waals surface area (Å²) >= 11 is 0. The van der Waals surface area contributed by atoms with E-state index in [0.717, 1.165) is 29.7 Å². The van der Waals surface area contributed by atoms with Gasteiger partial charge in [-0.05, 0) is 85.2 Å². The highest BCUT2D eigenvalue weighted by Crippen LogP contribution is 2.35. The van der Waals surface area contributed by atoms with Gasteiger partial charge in [-0.3, -0.25) is 0 Å². The van der Waals surface area contributed by atoms with Gasteiger partial charge >= 0.3 is 5.97 Å². The fourth-order valence-electron chi connectivity index (χ4n) is 4.07. The molecule has 0 saturated heterocycles. The zero-order valence-electron chi connectivity index (χ0n) is 18.3. The predicted molar refractivity (Wildman–Crippen MR) is 127 cm³/mol. The summed E-state index contributed by atoms with van der Waals surface area (Å²) in [5.74, 6) is 0.399. The van der Waals surface area contributed by atoms with Crippen LogP contribution in [0.5, 0.6) is 11.5 Å². The number of allylic oxidation sites excluding steroid dienone is 1. The third kappa shape index (κ3) is 5.02. The molecule has 32 heavy (non-hydrogen) atoms. The van der Waals surface area contributed by atoms with E-state index >= 15 is 0 Å². The summed E-state index contributed by atoms with van der Waals surface area (Å²) in [6.07, 6.45) is 4.93. The number of benzene rings is 3. The van der Waals surface area contributed by atoms with Crippen molar-refractivity contribution in [3.05, 3.63) is 90.5 Å². The Morgan fingerprint density at radius 3 is 2.09 bits per heavy atom. The Hall–Kier alpha value is -3.53. The number of carbonyl (C=O) groups is 1. The van der Waals surface area contributed by atoms with Gasteiger partial charge in [-0.1, -0.05) is 54.6 Å². The Morgan fingerprint density at radius 1 is 0.875 bits per heavy atom. The largest absolute Gasteiger partial charge is 0.490 e. The maximum absolute atomic E-state index is 11.7. The molecule has 4 nitrogen and oxygen atoms in total. The first kappa shape index (κ1) is 21.7. The molecule has 0 atom stereocenters. The summed E-state index contributed by atoms with van der Waals surface area (Å²) < 4.78 is 11.7. The molecule has 1 fully saturated rings. The highest BCUT2D eigenvalue weighted by atomic mass is 16.5. The molecule has 4 rings (SSSR count). The molecular weight excluding hydrogens is 400 g/mol. The van der Waals surface area contributed by atoms with Crippen molar-refractivity contribution in [1.29, 1.82) is 0 Å². The zero-order chi connectivity index (χ0) is 22.4. The summed E-state index contributed by atoms with van der Waals surface area (Å²) in [7, 11) is 0. The van der Waals surface area contributed by atoms with Gasteiger partial charge in [-0.2, -0.15) is 0 Å². The molecule has 0 spiro atoms. The Bertz CT molecular complexity index is 1060. The lowest BCUT2D eigenvalue weighted by Gasteiger charge is -2.25. The van der Waals surface area contributed by atoms with Crippen LogP contribution in [0.2, 0.25) is 0 Å². The minimum atomic E-state index is -1.09. The molecule has 0 radical (unpaired) electrons. The van der Waals surface area contributed by atoms with E-state index < -0.39 is 11.6 Å². The van der Waals surface area contributed by atoms with Crippen LogP contribution in [0.1, 0.15) is 38.2 Å². The van der Waals surface area contributed by atoms with Crippen LogP contribution >= 0.6 is 0 Å². The van der Waals surface area contributed by atoms with Crippen LogP contribution in [0, 0.1) is 0 Å². The van der Waals surface area contributed by atoms with Crippen molar-refractivity contribution in [2.45, 2.75) is 38.2 Å². The zero-order valence-corrected chi connectivity index (χ0v) is 18.3. The fourth-order valence-corrected chi connectivity index (χ4v) is 4.07. The normalized spacial score (nSPS) is 15.3. The molecule has 1 N–H and O–H groups in total. The number of carboxylic acid groups (broad SMARTS) is 1. The molecule has 0 amide bonds. The van der Waals surface area contributed by atoms with E-state index in [1.165, 1.54) is 11.1 Å². The molecule has 0 unspecified atom stereocenters. The molecule has 0 aliphatic heterocycles. The average molecular weight is 429 g/mol. The number of aliphatic carboxylic acids is 1. The minimum Gasteiger partial charge on any atom is -0.490 e. The van der Waals surface area contributed by atoms with Crippen LogP contribution in [0.3, 0.4) is 0 Å². The van der Waals surface area contributed by atoms with Crippen LogP contribution in [0.15, 0.2) is 84.9 Å². The third-order valence-electron chi connectivity index (χ3n) is 6.02. The van der Waals surface area contributed by atoms with Crippen molar-refractivity contribution >= 4 is 11.5 Å². The van der Waals surface area contributed by atoms with Gasteiger partial charge in [0.25, 0.3) is 0 Å². The van der Waals surface area contributed by atoms with Crippen molar-refractivity contribution < 1.29 is 19.4 Å². The van der Waals surface area contributed by atoms with Crippen LogP contribution in [0.4, 0.5) is 0 Å². The van der Waals surface area contributed by atoms with E-state index in [0.29, 0.717) is 25.2 Å². The van der Waals surface area contributed by atoms with Crippen molar-refractivity contribution in [2.75, 3.05) is 6.61 Å². The molecule has 3 aromatic carbocycles. The van der Waals surface area contributed by atoms with E-state index in [1.807, 2.05) is 30.3 Å². The number of ether oxygens (including phenoxy) is 2. The monoisotopic (exact) mass is 428 g/mol. The molecule has 0 heterocycles. The average Bonchev–Trinajstić information content (AvgIpc) is 3.31. The Kier molecular flexibility index (Phi) is 6.60. The topological polar surface area (TPSA) is 55.8 Å². The Balaban J connectivity index is 1.33. The lowest BCUT2D eigenvalue weighted by molar-refractivity contribution is -0.154. The van der Waals surface area contributed by atoms with Gasteiger partial charge < -0.3 is 14.6 Å². The number of hydrogen-bond donors (Lipinski definition) is 1. The minimum absolute atomic E-state index is 0.450. The molecular formula is C28H28O4. The second-order valence-electron chi connectivity index (χ2n) is 8.22. The van der Waals surface area contributed by atoms with Crippen molar-refractivity contribution in [3.8, 4) is 22.6 Å². The van der Waals surface area contributed by atoms with Gasteiger partial charge in [-0.15, -0.1) is 0 Å². The fraction of sp³-hybridized carbons (Fsp3) is 0.250. The molecule has 4 heteroatoms. The summed E-state index contributed by atoms with van der Waals surface area (Å²) in [6, 6.07) is 26.0. The molecule has 0 bridgehead atoms. The second kappa shape index (κ2) is 9.73.